The zero-order valence-corrected chi connectivity index (χ0v) is 18.4. The molecule has 2 spiro atoms. The first-order valence-corrected chi connectivity index (χ1v) is 12.5. The first-order valence-electron chi connectivity index (χ1n) is 12.5. The van der Waals surface area contributed by atoms with Crippen LogP contribution in [0.15, 0.2) is 70.3 Å². The van der Waals surface area contributed by atoms with Crippen molar-refractivity contribution in [1.82, 2.24) is 18.8 Å². The summed E-state index contributed by atoms with van der Waals surface area (Å²) < 4.78 is 5.32. The van der Waals surface area contributed by atoms with E-state index in [2.05, 4.69) is 35.2 Å². The first-order chi connectivity index (χ1) is 16.2. The van der Waals surface area contributed by atoms with E-state index in [1.54, 1.807) is 0 Å². The zero-order chi connectivity index (χ0) is 21.7. The molecule has 10 rings (SSSR count). The van der Waals surface area contributed by atoms with Gasteiger partial charge in [-0.25, -0.2) is 23.5 Å². The highest BCUT2D eigenvalue weighted by atomic mass is 16.2. The summed E-state index contributed by atoms with van der Waals surface area (Å²) in [6, 6.07) is 20.7. The standard InChI is InChI=1S/C27H26N4O2/c32-24-29(17-9-5-2-6-10-17)25(33)31-23-20-18-19(20)22(30(24)31)26-11-13-28(14-12-27(23,26)21(18)26)15-16-7-3-1-4-8-16/h1-10,18-23H,11-15H2/t18?,19-,20+,21?,22-,23-,26+,27-/m0/s1. The Bertz CT molecular complexity index is 1390. The Morgan fingerprint density at radius 2 is 1.27 bits per heavy atom. The molecule has 8 atom stereocenters. The number of benzene rings is 2. The van der Waals surface area contributed by atoms with Crippen LogP contribution in [0.1, 0.15) is 30.5 Å². The van der Waals surface area contributed by atoms with Crippen LogP contribution < -0.4 is 11.4 Å². The van der Waals surface area contributed by atoms with E-state index in [0.29, 0.717) is 17.5 Å². The van der Waals surface area contributed by atoms with Gasteiger partial charge in [-0.15, -0.1) is 0 Å². The van der Waals surface area contributed by atoms with E-state index in [-0.39, 0.29) is 34.3 Å². The topological polar surface area (TPSA) is 52.2 Å². The van der Waals surface area contributed by atoms with Crippen molar-refractivity contribution in [2.45, 2.75) is 31.5 Å². The number of nitrogens with zero attached hydrogens (tertiary/aromatic N) is 4. The van der Waals surface area contributed by atoms with Crippen molar-refractivity contribution in [3.8, 4) is 5.69 Å². The highest BCUT2D eigenvalue weighted by Crippen LogP contribution is 3.03. The molecule has 33 heavy (non-hydrogen) atoms. The lowest BCUT2D eigenvalue weighted by molar-refractivity contribution is -0.00192. The van der Waals surface area contributed by atoms with E-state index in [1.165, 1.54) is 23.0 Å². The van der Waals surface area contributed by atoms with E-state index in [0.717, 1.165) is 31.5 Å². The van der Waals surface area contributed by atoms with Gasteiger partial charge in [-0.1, -0.05) is 48.5 Å². The van der Waals surface area contributed by atoms with Crippen molar-refractivity contribution in [1.29, 1.82) is 0 Å². The second kappa shape index (κ2) is 5.27. The molecule has 0 radical (unpaired) electrons. The normalized spacial score (nSPS) is 42.5. The fourth-order valence-corrected chi connectivity index (χ4v) is 10.1. The minimum atomic E-state index is -0.119. The molecule has 3 aromatic rings. The fraction of sp³-hybridized carbons (Fsp3) is 0.481. The molecule has 166 valence electrons. The van der Waals surface area contributed by atoms with Crippen LogP contribution >= 0.6 is 0 Å². The maximum absolute atomic E-state index is 13.7. The predicted octanol–water partition coefficient (Wildman–Crippen LogP) is 2.68. The first kappa shape index (κ1) is 17.6. The van der Waals surface area contributed by atoms with Crippen LogP contribution in [0.3, 0.4) is 0 Å². The Balaban J connectivity index is 1.16. The van der Waals surface area contributed by atoms with Crippen molar-refractivity contribution in [3.63, 3.8) is 0 Å². The lowest BCUT2D eigenvalue weighted by Crippen LogP contribution is -2.52. The average molecular weight is 439 g/mol. The van der Waals surface area contributed by atoms with Crippen LogP contribution in [0.4, 0.5) is 0 Å². The van der Waals surface area contributed by atoms with Gasteiger partial charge in [0, 0.05) is 17.4 Å². The monoisotopic (exact) mass is 438 g/mol. The third kappa shape index (κ3) is 1.65. The van der Waals surface area contributed by atoms with Crippen molar-refractivity contribution in [2.75, 3.05) is 13.1 Å². The molecule has 2 bridgehead atoms. The summed E-state index contributed by atoms with van der Waals surface area (Å²) in [4.78, 5) is 30.0. The Morgan fingerprint density at radius 3 is 1.85 bits per heavy atom. The van der Waals surface area contributed by atoms with Crippen molar-refractivity contribution in [2.24, 2.45) is 34.5 Å². The number of hydrogen-bond acceptors (Lipinski definition) is 3. The largest absolute Gasteiger partial charge is 0.352 e. The number of aromatic nitrogens is 3. The van der Waals surface area contributed by atoms with Crippen molar-refractivity contribution < 1.29 is 0 Å². The quantitative estimate of drug-likeness (QED) is 0.632. The number of para-hydroxylation sites is 1. The Kier molecular flexibility index (Phi) is 2.81. The maximum Gasteiger partial charge on any atom is 0.352 e. The summed E-state index contributed by atoms with van der Waals surface area (Å²) in [5.74, 6) is 2.76. The summed E-state index contributed by atoms with van der Waals surface area (Å²) in [6.07, 6.45) is 2.34. The second-order valence-corrected chi connectivity index (χ2v) is 11.4. The van der Waals surface area contributed by atoms with Crippen molar-refractivity contribution >= 4 is 0 Å². The molecule has 4 heterocycles. The van der Waals surface area contributed by atoms with E-state index < -0.39 is 0 Å². The fourth-order valence-electron chi connectivity index (χ4n) is 10.1. The molecule has 4 aliphatic carbocycles. The summed E-state index contributed by atoms with van der Waals surface area (Å²) in [6.45, 7) is 3.19. The Hall–Kier alpha value is -2.86. The lowest BCUT2D eigenvalue weighted by atomic mass is 9.69. The number of hydrogen-bond donors (Lipinski definition) is 0. The molecule has 7 aliphatic rings. The Labute approximate surface area is 191 Å². The van der Waals surface area contributed by atoms with Gasteiger partial charge in [-0.05, 0) is 67.3 Å². The molecule has 1 saturated heterocycles. The average Bonchev–Trinajstić information content (AvgIpc) is 3.62. The van der Waals surface area contributed by atoms with Gasteiger partial charge in [0.15, 0.2) is 0 Å². The number of rotatable bonds is 3. The van der Waals surface area contributed by atoms with Crippen LogP contribution in [0.25, 0.3) is 5.69 Å². The lowest BCUT2D eigenvalue weighted by Gasteiger charge is -2.47. The SMILES string of the molecule is O=c1n(-c2ccccc2)c(=O)n2n1[C@H]1[C@@H]3C4C5[C@@]16CCN(Cc1ccccc1)CC[C@]56[C@@H]2[C@@H]43. The molecule has 6 heteroatoms. The van der Waals surface area contributed by atoms with Gasteiger partial charge in [0.05, 0.1) is 17.8 Å². The molecule has 5 fully saturated rings. The number of likely N-dealkylation sites (tertiary alicyclic amines) is 1. The molecule has 1 aromatic heterocycles. The predicted molar refractivity (Wildman–Crippen MR) is 122 cm³/mol. The van der Waals surface area contributed by atoms with Gasteiger partial charge in [0.25, 0.3) is 0 Å². The molecule has 2 unspecified atom stereocenters. The summed E-state index contributed by atoms with van der Waals surface area (Å²) in [5, 5.41) is 0. The highest BCUT2D eigenvalue weighted by Gasteiger charge is 3.02. The van der Waals surface area contributed by atoms with Crippen LogP contribution in [0.2, 0.25) is 0 Å². The highest BCUT2D eigenvalue weighted by molar-refractivity contribution is 5.49. The molecule has 6 nitrogen and oxygen atoms in total. The van der Waals surface area contributed by atoms with E-state index in [1.807, 2.05) is 39.7 Å². The molecule has 0 N–H and O–H groups in total. The minimum absolute atomic E-state index is 0.119. The van der Waals surface area contributed by atoms with Gasteiger partial charge >= 0.3 is 11.4 Å². The minimum Gasteiger partial charge on any atom is -0.299 e. The molecule has 2 aromatic carbocycles. The summed E-state index contributed by atoms with van der Waals surface area (Å²) >= 11 is 0. The van der Waals surface area contributed by atoms with Crippen LogP contribution in [-0.2, 0) is 6.54 Å². The van der Waals surface area contributed by atoms with Crippen LogP contribution in [0.5, 0.6) is 0 Å². The van der Waals surface area contributed by atoms with Crippen LogP contribution in [-0.4, -0.2) is 31.9 Å². The maximum atomic E-state index is 13.7. The molecular formula is C27H26N4O2. The third-order valence-electron chi connectivity index (χ3n) is 10.7. The molecular weight excluding hydrogens is 412 g/mol. The molecule has 3 aliphatic heterocycles. The third-order valence-corrected chi connectivity index (χ3v) is 10.7. The van der Waals surface area contributed by atoms with Gasteiger partial charge in [0.1, 0.15) is 0 Å². The molecule has 4 saturated carbocycles. The zero-order valence-electron chi connectivity index (χ0n) is 18.4. The summed E-state index contributed by atoms with van der Waals surface area (Å²) in [7, 11) is 0. The summed E-state index contributed by atoms with van der Waals surface area (Å²) in [5.41, 5.74) is 2.31. The van der Waals surface area contributed by atoms with Gasteiger partial charge in [-0.3, -0.25) is 4.90 Å². The van der Waals surface area contributed by atoms with Gasteiger partial charge in [0.2, 0.25) is 0 Å². The van der Waals surface area contributed by atoms with E-state index in [9.17, 15) is 9.59 Å². The smallest absolute Gasteiger partial charge is 0.299 e. The van der Waals surface area contributed by atoms with Gasteiger partial charge in [-0.2, -0.15) is 0 Å². The van der Waals surface area contributed by atoms with Crippen LogP contribution in [0, 0.1) is 34.5 Å². The molecule has 0 amide bonds. The van der Waals surface area contributed by atoms with Gasteiger partial charge < -0.3 is 0 Å². The second-order valence-electron chi connectivity index (χ2n) is 11.4. The van der Waals surface area contributed by atoms with Crippen molar-refractivity contribution in [3.05, 3.63) is 87.2 Å². The van der Waals surface area contributed by atoms with E-state index in [4.69, 9.17) is 0 Å². The Morgan fingerprint density at radius 1 is 0.727 bits per heavy atom. The van der Waals surface area contributed by atoms with E-state index >= 15 is 0 Å².